The van der Waals surface area contributed by atoms with Crippen molar-refractivity contribution in [1.82, 2.24) is 5.32 Å². The van der Waals surface area contributed by atoms with Crippen LogP contribution in [-0.2, 0) is 6.54 Å². The molecule has 0 heterocycles. The maximum atomic E-state index is 14.9. The highest BCUT2D eigenvalue weighted by Crippen LogP contribution is 2.36. The zero-order valence-corrected chi connectivity index (χ0v) is 21.8. The predicted molar refractivity (Wildman–Crippen MR) is 148 cm³/mol. The van der Waals surface area contributed by atoms with Crippen LogP contribution in [0.3, 0.4) is 0 Å². The summed E-state index contributed by atoms with van der Waals surface area (Å²) in [4.78, 5) is 13.6. The first kappa shape index (κ1) is 27.2. The van der Waals surface area contributed by atoms with E-state index in [1.807, 2.05) is 42.5 Å². The van der Waals surface area contributed by atoms with Crippen molar-refractivity contribution in [2.45, 2.75) is 70.9 Å². The third kappa shape index (κ3) is 7.16. The van der Waals surface area contributed by atoms with E-state index in [1.165, 1.54) is 0 Å². The van der Waals surface area contributed by atoms with Gasteiger partial charge in [-0.3, -0.25) is 4.79 Å². The van der Waals surface area contributed by atoms with E-state index < -0.39 is 7.12 Å². The highest BCUT2D eigenvalue weighted by molar-refractivity contribution is 6.58. The number of carbonyl (C=O) groups excluding carboxylic acids is 1. The number of carbonyl (C=O) groups is 1. The van der Waals surface area contributed by atoms with Crippen molar-refractivity contribution in [1.29, 1.82) is 0 Å². The third-order valence-electron chi connectivity index (χ3n) is 7.47. The molecule has 3 aromatic carbocycles. The fourth-order valence-electron chi connectivity index (χ4n) is 5.35. The quantitative estimate of drug-likeness (QED) is 0.277. The zero-order valence-electron chi connectivity index (χ0n) is 21.8. The van der Waals surface area contributed by atoms with Crippen molar-refractivity contribution in [2.24, 2.45) is 5.92 Å². The molecule has 0 bridgehead atoms. The Kier molecular flexibility index (Phi) is 9.30. The standard InChI is InChI=1S/C31H37BFNO3/c1-21(2)34-20-22-13-16-30(33)29(17-22)23-7-3-4-8-24(15-14-23)31(35)27-11-5-9-25(18-27)26-10-6-12-28(19-26)32(36)37/h5-6,9-13,16-19,21,23-24,34,36-37H,3-4,7-8,14-15,20H2,1-2H3. The third-order valence-corrected chi connectivity index (χ3v) is 7.47. The van der Waals surface area contributed by atoms with Gasteiger partial charge in [0.05, 0.1) is 0 Å². The maximum absolute atomic E-state index is 14.9. The molecule has 37 heavy (non-hydrogen) atoms. The molecule has 6 heteroatoms. The lowest BCUT2D eigenvalue weighted by molar-refractivity contribution is 0.0896. The molecule has 0 saturated heterocycles. The molecule has 0 aliphatic heterocycles. The molecule has 1 fully saturated rings. The molecule has 0 radical (unpaired) electrons. The summed E-state index contributed by atoms with van der Waals surface area (Å²) in [5.41, 5.74) is 4.66. The number of ketones is 1. The molecular weight excluding hydrogens is 464 g/mol. The van der Waals surface area contributed by atoms with E-state index in [1.54, 1.807) is 24.3 Å². The van der Waals surface area contributed by atoms with Crippen molar-refractivity contribution >= 4 is 18.4 Å². The predicted octanol–water partition coefficient (Wildman–Crippen LogP) is 5.61. The molecule has 0 aromatic heterocycles. The van der Waals surface area contributed by atoms with Crippen LogP contribution in [-0.4, -0.2) is 29.0 Å². The second-order valence-corrected chi connectivity index (χ2v) is 10.6. The van der Waals surface area contributed by atoms with Gasteiger partial charge in [-0.15, -0.1) is 0 Å². The second-order valence-electron chi connectivity index (χ2n) is 10.6. The molecule has 1 aliphatic carbocycles. The lowest BCUT2D eigenvalue weighted by Crippen LogP contribution is -2.29. The highest BCUT2D eigenvalue weighted by atomic mass is 19.1. The SMILES string of the molecule is CC(C)NCc1ccc(F)c(C2CCCCC(C(=O)c3cccc(-c4cccc(B(O)O)c4)c3)CC2)c1. The van der Waals surface area contributed by atoms with Gasteiger partial charge in [-0.1, -0.05) is 81.3 Å². The van der Waals surface area contributed by atoms with Crippen LogP contribution < -0.4 is 10.8 Å². The Hall–Kier alpha value is -2.80. The molecule has 2 unspecified atom stereocenters. The summed E-state index contributed by atoms with van der Waals surface area (Å²) in [5, 5.41) is 22.4. The number of benzene rings is 3. The topological polar surface area (TPSA) is 69.6 Å². The number of Topliss-reactive ketones (excluding diaryl/α,β-unsaturated/α-hetero) is 1. The van der Waals surface area contributed by atoms with Gasteiger partial charge in [0.15, 0.2) is 5.78 Å². The van der Waals surface area contributed by atoms with Crippen LogP contribution in [0.5, 0.6) is 0 Å². The van der Waals surface area contributed by atoms with E-state index >= 15 is 0 Å². The summed E-state index contributed by atoms with van der Waals surface area (Å²) >= 11 is 0. The summed E-state index contributed by atoms with van der Waals surface area (Å²) in [6, 6.07) is 20.4. The van der Waals surface area contributed by atoms with E-state index in [-0.39, 0.29) is 23.4 Å². The van der Waals surface area contributed by atoms with Crippen molar-refractivity contribution in [3.05, 3.63) is 89.2 Å². The summed E-state index contributed by atoms with van der Waals surface area (Å²) in [6.07, 6.45) is 5.28. The van der Waals surface area contributed by atoms with Gasteiger partial charge < -0.3 is 15.4 Å². The Morgan fingerprint density at radius 3 is 2.43 bits per heavy atom. The van der Waals surface area contributed by atoms with Gasteiger partial charge in [0, 0.05) is 24.1 Å². The Bertz CT molecular complexity index is 1210. The normalized spacial score (nSPS) is 18.3. The van der Waals surface area contributed by atoms with E-state index in [2.05, 4.69) is 19.2 Å². The van der Waals surface area contributed by atoms with Crippen molar-refractivity contribution < 1.29 is 19.2 Å². The van der Waals surface area contributed by atoms with E-state index in [0.717, 1.165) is 67.3 Å². The lowest BCUT2D eigenvalue weighted by Gasteiger charge is -2.25. The molecule has 1 aliphatic rings. The fraction of sp³-hybridized carbons (Fsp3) is 0.387. The van der Waals surface area contributed by atoms with Crippen LogP contribution in [0.25, 0.3) is 11.1 Å². The van der Waals surface area contributed by atoms with Gasteiger partial charge in [-0.05, 0) is 71.5 Å². The number of rotatable bonds is 8. The monoisotopic (exact) mass is 501 g/mol. The van der Waals surface area contributed by atoms with Crippen LogP contribution in [0, 0.1) is 11.7 Å². The van der Waals surface area contributed by atoms with E-state index in [4.69, 9.17) is 0 Å². The van der Waals surface area contributed by atoms with Crippen LogP contribution in [0.15, 0.2) is 66.7 Å². The smallest absolute Gasteiger partial charge is 0.423 e. The second kappa shape index (κ2) is 12.6. The first-order valence-corrected chi connectivity index (χ1v) is 13.4. The molecule has 3 N–H and O–H groups in total. The lowest BCUT2D eigenvalue weighted by atomic mass is 9.78. The van der Waals surface area contributed by atoms with Crippen molar-refractivity contribution in [3.8, 4) is 11.1 Å². The highest BCUT2D eigenvalue weighted by Gasteiger charge is 2.26. The van der Waals surface area contributed by atoms with Crippen LogP contribution in [0.4, 0.5) is 4.39 Å². The number of halogens is 1. The Morgan fingerprint density at radius 2 is 1.68 bits per heavy atom. The molecule has 1 saturated carbocycles. The van der Waals surface area contributed by atoms with Crippen molar-refractivity contribution in [2.75, 3.05) is 0 Å². The molecule has 0 spiro atoms. The Morgan fingerprint density at radius 1 is 0.946 bits per heavy atom. The average Bonchev–Trinajstić information content (AvgIpc) is 2.88. The minimum atomic E-state index is -1.54. The average molecular weight is 501 g/mol. The molecule has 4 nitrogen and oxygen atoms in total. The van der Waals surface area contributed by atoms with Gasteiger partial charge in [0.25, 0.3) is 0 Å². The Labute approximate surface area is 220 Å². The number of nitrogens with one attached hydrogen (secondary N) is 1. The van der Waals surface area contributed by atoms with Crippen LogP contribution in [0.2, 0.25) is 0 Å². The van der Waals surface area contributed by atoms with Gasteiger partial charge in [0.1, 0.15) is 5.82 Å². The van der Waals surface area contributed by atoms with Crippen LogP contribution in [0.1, 0.15) is 79.8 Å². The summed E-state index contributed by atoms with van der Waals surface area (Å²) < 4.78 is 14.9. The minimum Gasteiger partial charge on any atom is -0.423 e. The zero-order chi connectivity index (χ0) is 26.4. The van der Waals surface area contributed by atoms with Gasteiger partial charge in [-0.25, -0.2) is 4.39 Å². The largest absolute Gasteiger partial charge is 0.488 e. The van der Waals surface area contributed by atoms with E-state index in [0.29, 0.717) is 17.1 Å². The summed E-state index contributed by atoms with van der Waals surface area (Å²) in [6.45, 7) is 4.92. The van der Waals surface area contributed by atoms with E-state index in [9.17, 15) is 19.2 Å². The summed E-state index contributed by atoms with van der Waals surface area (Å²) in [7, 11) is -1.54. The van der Waals surface area contributed by atoms with Gasteiger partial charge in [-0.2, -0.15) is 0 Å². The molecular formula is C31H37BFNO3. The molecule has 3 aromatic rings. The number of hydrogen-bond acceptors (Lipinski definition) is 4. The molecule has 4 rings (SSSR count). The molecule has 194 valence electrons. The van der Waals surface area contributed by atoms with Crippen molar-refractivity contribution in [3.63, 3.8) is 0 Å². The summed E-state index contributed by atoms with van der Waals surface area (Å²) in [5.74, 6) is 0.0203. The first-order chi connectivity index (χ1) is 17.8. The fourth-order valence-corrected chi connectivity index (χ4v) is 5.35. The van der Waals surface area contributed by atoms with Gasteiger partial charge >= 0.3 is 7.12 Å². The van der Waals surface area contributed by atoms with Gasteiger partial charge in [0.2, 0.25) is 0 Å². The molecule has 0 amide bonds. The Balaban J connectivity index is 1.49. The van der Waals surface area contributed by atoms with Crippen LogP contribution >= 0.6 is 0 Å². The molecule has 2 atom stereocenters. The number of hydrogen-bond donors (Lipinski definition) is 3. The first-order valence-electron chi connectivity index (χ1n) is 13.4. The minimum absolute atomic E-state index is 0.0856. The maximum Gasteiger partial charge on any atom is 0.488 e.